The van der Waals surface area contributed by atoms with Gasteiger partial charge in [0.05, 0.1) is 42.9 Å². The maximum absolute atomic E-state index is 12.4. The number of ether oxygens (including phenoxy) is 1. The summed E-state index contributed by atoms with van der Waals surface area (Å²) in [6.45, 7) is 3.19. The van der Waals surface area contributed by atoms with Gasteiger partial charge in [-0.2, -0.15) is 10.2 Å². The number of pyridine rings is 1. The second-order valence-electron chi connectivity index (χ2n) is 4.89. The Hall–Kier alpha value is -2.54. The minimum Gasteiger partial charge on any atom is -0.378 e. The van der Waals surface area contributed by atoms with Crippen LogP contribution in [-0.2, 0) is 11.3 Å². The van der Waals surface area contributed by atoms with Crippen molar-refractivity contribution in [3.8, 4) is 0 Å². The molecule has 0 aliphatic carbocycles. The number of nitrogens with one attached hydrogen (secondary N) is 1. The fraction of sp³-hybridized carbons (Fsp3) is 0.333. The van der Waals surface area contributed by atoms with Crippen molar-refractivity contribution < 1.29 is 9.53 Å². The Bertz CT molecular complexity index is 629. The summed E-state index contributed by atoms with van der Waals surface area (Å²) >= 11 is 0. The molecule has 1 amide bonds. The lowest BCUT2D eigenvalue weighted by Gasteiger charge is -2.29. The fourth-order valence-electron chi connectivity index (χ4n) is 2.33. The average molecular weight is 299 g/mol. The van der Waals surface area contributed by atoms with Gasteiger partial charge < -0.3 is 15.0 Å². The number of morpholine rings is 1. The molecular weight excluding hydrogens is 282 g/mol. The van der Waals surface area contributed by atoms with Gasteiger partial charge in [0.25, 0.3) is 5.91 Å². The van der Waals surface area contributed by atoms with Crippen LogP contribution >= 0.6 is 0 Å². The summed E-state index contributed by atoms with van der Waals surface area (Å²) < 4.78 is 5.35. The highest BCUT2D eigenvalue weighted by molar-refractivity contribution is 5.99. The first-order valence-electron chi connectivity index (χ1n) is 7.16. The molecule has 1 N–H and O–H groups in total. The summed E-state index contributed by atoms with van der Waals surface area (Å²) in [5.41, 5.74) is 2.17. The zero-order valence-corrected chi connectivity index (χ0v) is 12.1. The van der Waals surface area contributed by atoms with Gasteiger partial charge in [-0.15, -0.1) is 0 Å². The van der Waals surface area contributed by atoms with E-state index in [2.05, 4.69) is 25.4 Å². The Kier molecular flexibility index (Phi) is 4.55. The predicted molar refractivity (Wildman–Crippen MR) is 80.5 cm³/mol. The Balaban J connectivity index is 1.72. The smallest absolute Gasteiger partial charge is 0.253 e. The Morgan fingerprint density at radius 1 is 1.27 bits per heavy atom. The number of aromatic nitrogens is 3. The number of nitrogens with zero attached hydrogens (tertiary/aromatic N) is 4. The molecule has 0 atom stereocenters. The van der Waals surface area contributed by atoms with Gasteiger partial charge in [0, 0.05) is 25.5 Å². The zero-order chi connectivity index (χ0) is 15.2. The average Bonchev–Trinajstić information content (AvgIpc) is 2.61. The molecule has 0 bridgehead atoms. The van der Waals surface area contributed by atoms with Crippen LogP contribution in [0.2, 0.25) is 0 Å². The van der Waals surface area contributed by atoms with Crippen molar-refractivity contribution in [2.75, 3.05) is 31.2 Å². The number of carbonyl (C=O) groups excluding carboxylic acids is 1. The van der Waals surface area contributed by atoms with E-state index in [9.17, 15) is 4.79 Å². The second-order valence-corrected chi connectivity index (χ2v) is 4.89. The minimum atomic E-state index is -0.144. The third kappa shape index (κ3) is 3.37. The van der Waals surface area contributed by atoms with Crippen LogP contribution < -0.4 is 10.2 Å². The Morgan fingerprint density at radius 2 is 2.14 bits per heavy atom. The van der Waals surface area contributed by atoms with Crippen LogP contribution in [0, 0.1) is 0 Å². The standard InChI is InChI=1S/C15H17N5O2/c21-15(17-10-12-2-1-4-18-19-12)13-3-5-16-11-14(13)20-6-8-22-9-7-20/h1-5,11H,6-10H2,(H,17,21). The number of rotatable bonds is 4. The van der Waals surface area contributed by atoms with Crippen molar-refractivity contribution in [3.63, 3.8) is 0 Å². The van der Waals surface area contributed by atoms with E-state index in [1.807, 2.05) is 6.07 Å². The zero-order valence-electron chi connectivity index (χ0n) is 12.1. The van der Waals surface area contributed by atoms with Gasteiger partial charge in [0.2, 0.25) is 0 Å². The van der Waals surface area contributed by atoms with Crippen molar-refractivity contribution in [2.24, 2.45) is 0 Å². The summed E-state index contributed by atoms with van der Waals surface area (Å²) in [5.74, 6) is -0.144. The van der Waals surface area contributed by atoms with E-state index in [1.165, 1.54) is 0 Å². The third-order valence-electron chi connectivity index (χ3n) is 3.45. The van der Waals surface area contributed by atoms with Crippen LogP contribution in [0.3, 0.4) is 0 Å². The normalized spacial score (nSPS) is 14.6. The second kappa shape index (κ2) is 6.95. The molecule has 7 heteroatoms. The van der Waals surface area contributed by atoms with Crippen LogP contribution in [0.1, 0.15) is 16.1 Å². The van der Waals surface area contributed by atoms with Crippen molar-refractivity contribution >= 4 is 11.6 Å². The van der Waals surface area contributed by atoms with E-state index in [1.54, 1.807) is 30.7 Å². The molecule has 0 saturated carbocycles. The Labute approximate surface area is 128 Å². The number of hydrogen-bond acceptors (Lipinski definition) is 6. The van der Waals surface area contributed by atoms with Crippen LogP contribution in [0.15, 0.2) is 36.8 Å². The number of carbonyl (C=O) groups is 1. The first-order valence-corrected chi connectivity index (χ1v) is 7.16. The molecule has 2 aromatic rings. The molecule has 1 aliphatic heterocycles. The monoisotopic (exact) mass is 299 g/mol. The lowest BCUT2D eigenvalue weighted by Crippen LogP contribution is -2.38. The summed E-state index contributed by atoms with van der Waals surface area (Å²) in [6, 6.07) is 5.35. The number of amides is 1. The summed E-state index contributed by atoms with van der Waals surface area (Å²) in [4.78, 5) is 18.7. The molecule has 3 rings (SSSR count). The minimum absolute atomic E-state index is 0.144. The topological polar surface area (TPSA) is 80.2 Å². The molecular formula is C15H17N5O2. The molecule has 0 spiro atoms. The molecule has 2 aromatic heterocycles. The quantitative estimate of drug-likeness (QED) is 0.892. The molecule has 1 aliphatic rings. The Morgan fingerprint density at radius 3 is 2.91 bits per heavy atom. The highest BCUT2D eigenvalue weighted by atomic mass is 16.5. The molecule has 1 fully saturated rings. The van der Waals surface area contributed by atoms with Crippen LogP contribution in [0.25, 0.3) is 0 Å². The molecule has 7 nitrogen and oxygen atoms in total. The van der Waals surface area contributed by atoms with E-state index >= 15 is 0 Å². The van der Waals surface area contributed by atoms with Gasteiger partial charge in [-0.25, -0.2) is 0 Å². The van der Waals surface area contributed by atoms with Gasteiger partial charge in [0.15, 0.2) is 0 Å². The highest BCUT2D eigenvalue weighted by Crippen LogP contribution is 2.20. The molecule has 0 unspecified atom stereocenters. The lowest BCUT2D eigenvalue weighted by atomic mass is 10.2. The molecule has 0 aromatic carbocycles. The third-order valence-corrected chi connectivity index (χ3v) is 3.45. The molecule has 3 heterocycles. The van der Waals surface area contributed by atoms with E-state index in [4.69, 9.17) is 4.74 Å². The molecule has 1 saturated heterocycles. The van der Waals surface area contributed by atoms with Crippen LogP contribution in [-0.4, -0.2) is 47.4 Å². The van der Waals surface area contributed by atoms with Crippen molar-refractivity contribution in [3.05, 3.63) is 48.0 Å². The first-order chi connectivity index (χ1) is 10.8. The lowest BCUT2D eigenvalue weighted by molar-refractivity contribution is 0.0948. The maximum Gasteiger partial charge on any atom is 0.253 e. The van der Waals surface area contributed by atoms with Gasteiger partial charge in [-0.1, -0.05) is 0 Å². The molecule has 114 valence electrons. The van der Waals surface area contributed by atoms with E-state index in [0.717, 1.165) is 24.5 Å². The van der Waals surface area contributed by atoms with Gasteiger partial charge in [0.1, 0.15) is 0 Å². The highest BCUT2D eigenvalue weighted by Gasteiger charge is 2.18. The largest absolute Gasteiger partial charge is 0.378 e. The van der Waals surface area contributed by atoms with E-state index < -0.39 is 0 Å². The van der Waals surface area contributed by atoms with Crippen LogP contribution in [0.4, 0.5) is 5.69 Å². The number of anilines is 1. The van der Waals surface area contributed by atoms with E-state index in [0.29, 0.717) is 25.3 Å². The predicted octanol–water partition coefficient (Wildman–Crippen LogP) is 0.638. The van der Waals surface area contributed by atoms with Gasteiger partial charge >= 0.3 is 0 Å². The maximum atomic E-state index is 12.4. The van der Waals surface area contributed by atoms with Crippen molar-refractivity contribution in [1.82, 2.24) is 20.5 Å². The molecule has 22 heavy (non-hydrogen) atoms. The van der Waals surface area contributed by atoms with E-state index in [-0.39, 0.29) is 5.91 Å². The van der Waals surface area contributed by atoms with Gasteiger partial charge in [-0.3, -0.25) is 9.78 Å². The van der Waals surface area contributed by atoms with Gasteiger partial charge in [-0.05, 0) is 18.2 Å². The summed E-state index contributed by atoms with van der Waals surface area (Å²) in [7, 11) is 0. The number of hydrogen-bond donors (Lipinski definition) is 1. The van der Waals surface area contributed by atoms with Crippen molar-refractivity contribution in [2.45, 2.75) is 6.54 Å². The SMILES string of the molecule is O=C(NCc1cccnn1)c1ccncc1N1CCOCC1. The summed E-state index contributed by atoms with van der Waals surface area (Å²) in [6.07, 6.45) is 4.95. The molecule has 0 radical (unpaired) electrons. The first kappa shape index (κ1) is 14.4. The van der Waals surface area contributed by atoms with Crippen molar-refractivity contribution in [1.29, 1.82) is 0 Å². The van der Waals surface area contributed by atoms with Crippen LogP contribution in [0.5, 0.6) is 0 Å². The fourth-order valence-corrected chi connectivity index (χ4v) is 2.33. The summed E-state index contributed by atoms with van der Waals surface area (Å²) in [5, 5.41) is 10.6.